The van der Waals surface area contributed by atoms with E-state index in [1.54, 1.807) is 16.2 Å². The quantitative estimate of drug-likeness (QED) is 0.840. The predicted molar refractivity (Wildman–Crippen MR) is 94.2 cm³/mol. The number of para-hydroxylation sites is 1. The number of hydrogen-bond donors (Lipinski definition) is 0. The summed E-state index contributed by atoms with van der Waals surface area (Å²) in [5.41, 5.74) is 0.579. The number of ether oxygens (including phenoxy) is 1. The van der Waals surface area contributed by atoms with Crippen LogP contribution in [0.3, 0.4) is 0 Å². The number of carbonyl (C=O) groups is 1. The van der Waals surface area contributed by atoms with Crippen molar-refractivity contribution in [3.63, 3.8) is 0 Å². The second-order valence-corrected chi connectivity index (χ2v) is 7.95. The minimum Gasteiger partial charge on any atom is -0.444 e. The van der Waals surface area contributed by atoms with Gasteiger partial charge < -0.3 is 14.5 Å². The molecule has 2 aromatic rings. The van der Waals surface area contributed by atoms with Gasteiger partial charge >= 0.3 is 6.09 Å². The smallest absolute Gasteiger partial charge is 0.410 e. The maximum atomic E-state index is 12.2. The van der Waals surface area contributed by atoms with E-state index in [1.165, 1.54) is 4.70 Å². The van der Waals surface area contributed by atoms with Crippen molar-refractivity contribution in [3.8, 4) is 0 Å². The first-order chi connectivity index (χ1) is 10.8. The molecule has 0 unspecified atom stereocenters. The lowest BCUT2D eigenvalue weighted by Gasteiger charge is -2.26. The van der Waals surface area contributed by atoms with E-state index in [-0.39, 0.29) is 12.1 Å². The Kier molecular flexibility index (Phi) is 4.19. The van der Waals surface area contributed by atoms with Crippen LogP contribution in [0.25, 0.3) is 10.2 Å². The van der Waals surface area contributed by atoms with Crippen molar-refractivity contribution in [2.24, 2.45) is 0 Å². The third kappa shape index (κ3) is 3.58. The Morgan fingerprint density at radius 2 is 2.13 bits per heavy atom. The van der Waals surface area contributed by atoms with E-state index in [4.69, 9.17) is 9.72 Å². The number of hydrogen-bond acceptors (Lipinski definition) is 5. The predicted octanol–water partition coefficient (Wildman–Crippen LogP) is 3.74. The van der Waals surface area contributed by atoms with E-state index in [1.807, 2.05) is 39.0 Å². The molecule has 2 heterocycles. The highest BCUT2D eigenvalue weighted by atomic mass is 32.1. The van der Waals surface area contributed by atoms with Crippen LogP contribution in [0.4, 0.5) is 9.93 Å². The largest absolute Gasteiger partial charge is 0.444 e. The number of likely N-dealkylation sites (tertiary alicyclic amines) is 1. The molecule has 1 aromatic heterocycles. The molecule has 1 saturated heterocycles. The number of fused-ring (bicyclic) bond motifs is 1. The molecule has 0 saturated carbocycles. The van der Waals surface area contributed by atoms with Crippen LogP contribution in [-0.2, 0) is 4.74 Å². The molecule has 0 spiro atoms. The fourth-order valence-electron chi connectivity index (χ4n) is 2.72. The molecule has 3 rings (SSSR count). The van der Waals surface area contributed by atoms with Gasteiger partial charge in [-0.3, -0.25) is 0 Å². The maximum absolute atomic E-state index is 12.2. The summed E-state index contributed by atoms with van der Waals surface area (Å²) in [7, 11) is 2.06. The summed E-state index contributed by atoms with van der Waals surface area (Å²) in [5.74, 6) is 0. The van der Waals surface area contributed by atoms with E-state index in [9.17, 15) is 4.79 Å². The molecule has 1 aliphatic heterocycles. The molecule has 0 aliphatic carbocycles. The molecule has 6 heteroatoms. The lowest BCUT2D eigenvalue weighted by atomic mass is 10.2. The minimum absolute atomic E-state index is 0.224. The van der Waals surface area contributed by atoms with Gasteiger partial charge in [-0.1, -0.05) is 23.5 Å². The van der Waals surface area contributed by atoms with Gasteiger partial charge in [0.05, 0.1) is 16.3 Å². The third-order valence-electron chi connectivity index (χ3n) is 3.95. The zero-order chi connectivity index (χ0) is 16.6. The number of amides is 1. The van der Waals surface area contributed by atoms with Crippen molar-refractivity contribution in [2.75, 3.05) is 25.0 Å². The summed E-state index contributed by atoms with van der Waals surface area (Å²) in [5, 5.41) is 1.00. The fraction of sp³-hybridized carbons (Fsp3) is 0.529. The molecule has 1 aromatic carbocycles. The molecule has 1 amide bonds. The van der Waals surface area contributed by atoms with Gasteiger partial charge in [-0.25, -0.2) is 9.78 Å². The zero-order valence-electron chi connectivity index (χ0n) is 14.1. The SMILES string of the molecule is CN(c1nc2ccccc2s1)[C@H]1CCN(C(=O)OC(C)(C)C)C1. The van der Waals surface area contributed by atoms with Gasteiger partial charge in [-0.15, -0.1) is 0 Å². The summed E-state index contributed by atoms with van der Waals surface area (Å²) in [6.07, 6.45) is 0.712. The molecule has 0 N–H and O–H groups in total. The standard InChI is InChI=1S/C17H23N3O2S/c1-17(2,3)22-16(21)20-10-9-12(11-20)19(4)15-18-13-7-5-6-8-14(13)23-15/h5-8,12H,9-11H2,1-4H3/t12-/m0/s1. The summed E-state index contributed by atoms with van der Waals surface area (Å²) in [6.45, 7) is 7.10. The topological polar surface area (TPSA) is 45.7 Å². The van der Waals surface area contributed by atoms with Crippen molar-refractivity contribution in [1.29, 1.82) is 0 Å². The van der Waals surface area contributed by atoms with Gasteiger partial charge in [-0.05, 0) is 39.3 Å². The lowest BCUT2D eigenvalue weighted by Crippen LogP contribution is -2.39. The van der Waals surface area contributed by atoms with Gasteiger partial charge in [0, 0.05) is 20.1 Å². The molecule has 124 valence electrons. The van der Waals surface area contributed by atoms with Crippen LogP contribution in [0.1, 0.15) is 27.2 Å². The first kappa shape index (κ1) is 16.1. The number of carbonyl (C=O) groups excluding carboxylic acids is 1. The van der Waals surface area contributed by atoms with Crippen molar-refractivity contribution >= 4 is 32.8 Å². The molecule has 0 radical (unpaired) electrons. The van der Waals surface area contributed by atoms with E-state index in [0.29, 0.717) is 6.54 Å². The van der Waals surface area contributed by atoms with E-state index in [2.05, 4.69) is 18.0 Å². The molecule has 23 heavy (non-hydrogen) atoms. The zero-order valence-corrected chi connectivity index (χ0v) is 14.9. The summed E-state index contributed by atoms with van der Waals surface area (Å²) >= 11 is 1.69. The van der Waals surface area contributed by atoms with Crippen molar-refractivity contribution in [3.05, 3.63) is 24.3 Å². The molecular formula is C17H23N3O2S. The highest BCUT2D eigenvalue weighted by molar-refractivity contribution is 7.22. The second-order valence-electron chi connectivity index (χ2n) is 6.94. The number of likely N-dealkylation sites (N-methyl/N-ethyl adjacent to an activating group) is 1. The Bertz CT molecular complexity index is 674. The van der Waals surface area contributed by atoms with E-state index >= 15 is 0 Å². The van der Waals surface area contributed by atoms with Gasteiger partial charge in [0.2, 0.25) is 0 Å². The molecule has 1 aliphatic rings. The molecule has 1 fully saturated rings. The molecular weight excluding hydrogens is 310 g/mol. The van der Waals surface area contributed by atoms with Crippen molar-refractivity contribution in [1.82, 2.24) is 9.88 Å². The number of anilines is 1. The Hall–Kier alpha value is -1.82. The average Bonchev–Trinajstić information content (AvgIpc) is 3.11. The van der Waals surface area contributed by atoms with Crippen LogP contribution in [0.5, 0.6) is 0 Å². The monoisotopic (exact) mass is 333 g/mol. The van der Waals surface area contributed by atoms with Crippen LogP contribution < -0.4 is 4.90 Å². The normalized spacial score (nSPS) is 18.4. The van der Waals surface area contributed by atoms with Crippen LogP contribution >= 0.6 is 11.3 Å². The summed E-state index contributed by atoms with van der Waals surface area (Å²) < 4.78 is 6.65. The van der Waals surface area contributed by atoms with Crippen molar-refractivity contribution in [2.45, 2.75) is 38.8 Å². The van der Waals surface area contributed by atoms with Crippen LogP contribution in [0.15, 0.2) is 24.3 Å². The van der Waals surface area contributed by atoms with Crippen LogP contribution in [0, 0.1) is 0 Å². The van der Waals surface area contributed by atoms with Crippen LogP contribution in [-0.4, -0.2) is 47.8 Å². The molecule has 1 atom stereocenters. The Labute approximate surface area is 140 Å². The first-order valence-electron chi connectivity index (χ1n) is 7.90. The Balaban J connectivity index is 1.67. The Morgan fingerprint density at radius 1 is 1.39 bits per heavy atom. The highest BCUT2D eigenvalue weighted by Gasteiger charge is 2.32. The third-order valence-corrected chi connectivity index (χ3v) is 5.07. The number of nitrogens with zero attached hydrogens (tertiary/aromatic N) is 3. The molecule has 0 bridgehead atoms. The maximum Gasteiger partial charge on any atom is 0.410 e. The number of aromatic nitrogens is 1. The lowest BCUT2D eigenvalue weighted by molar-refractivity contribution is 0.0292. The highest BCUT2D eigenvalue weighted by Crippen LogP contribution is 2.30. The van der Waals surface area contributed by atoms with Gasteiger partial charge in [0.15, 0.2) is 5.13 Å². The summed E-state index contributed by atoms with van der Waals surface area (Å²) in [6, 6.07) is 8.44. The summed E-state index contributed by atoms with van der Waals surface area (Å²) in [4.78, 5) is 20.9. The second kappa shape index (κ2) is 6.00. The van der Waals surface area contributed by atoms with Gasteiger partial charge in [0.1, 0.15) is 5.60 Å². The van der Waals surface area contributed by atoms with E-state index in [0.717, 1.165) is 23.6 Å². The molecule has 5 nitrogen and oxygen atoms in total. The van der Waals surface area contributed by atoms with Crippen LogP contribution in [0.2, 0.25) is 0 Å². The van der Waals surface area contributed by atoms with Crippen molar-refractivity contribution < 1.29 is 9.53 Å². The average molecular weight is 333 g/mol. The number of benzene rings is 1. The van der Waals surface area contributed by atoms with Gasteiger partial charge in [-0.2, -0.15) is 0 Å². The first-order valence-corrected chi connectivity index (χ1v) is 8.71. The minimum atomic E-state index is -0.450. The van der Waals surface area contributed by atoms with E-state index < -0.39 is 5.60 Å². The number of rotatable bonds is 2. The Morgan fingerprint density at radius 3 is 2.83 bits per heavy atom. The van der Waals surface area contributed by atoms with Gasteiger partial charge in [0.25, 0.3) is 0 Å². The fourth-order valence-corrected chi connectivity index (χ4v) is 3.72. The number of thiazole rings is 1.